The number of esters is 1. The average Bonchev–Trinajstić information content (AvgIpc) is 2.62. The molecule has 0 spiro atoms. The Morgan fingerprint density at radius 1 is 1.17 bits per heavy atom. The highest BCUT2D eigenvalue weighted by atomic mass is 32.2. The molecule has 3 rings (SSSR count). The van der Waals surface area contributed by atoms with Gasteiger partial charge in [0.2, 0.25) is 5.91 Å². The molecule has 1 amide bonds. The van der Waals surface area contributed by atoms with E-state index < -0.39 is 5.97 Å². The third-order valence-electron chi connectivity index (χ3n) is 3.77. The Balaban J connectivity index is 1.73. The minimum atomic E-state index is -0.467. The van der Waals surface area contributed by atoms with Crippen molar-refractivity contribution in [2.24, 2.45) is 0 Å². The number of nitrogens with one attached hydrogen (secondary N) is 1. The molecule has 1 aliphatic heterocycles. The van der Waals surface area contributed by atoms with E-state index in [4.69, 9.17) is 4.74 Å². The number of anilines is 2. The molecule has 1 heterocycles. The number of nitrogens with zero attached hydrogens (tertiary/aromatic N) is 1. The fraction of sp³-hybridized carbons (Fsp3) is 0.222. The van der Waals surface area contributed by atoms with E-state index in [0.29, 0.717) is 11.3 Å². The number of carbonyl (C=O) groups is 2. The van der Waals surface area contributed by atoms with E-state index in [0.717, 1.165) is 18.0 Å². The van der Waals surface area contributed by atoms with Crippen LogP contribution in [0.2, 0.25) is 0 Å². The zero-order valence-electron chi connectivity index (χ0n) is 13.3. The zero-order chi connectivity index (χ0) is 16.9. The number of thioether (sulfide) groups is 1. The van der Waals surface area contributed by atoms with Gasteiger partial charge < -0.3 is 15.0 Å². The van der Waals surface area contributed by atoms with E-state index in [-0.39, 0.29) is 12.5 Å². The Morgan fingerprint density at radius 2 is 1.92 bits per heavy atom. The molecule has 0 aromatic heterocycles. The summed E-state index contributed by atoms with van der Waals surface area (Å²) in [5, 5.41) is 2.82. The molecule has 1 aliphatic rings. The van der Waals surface area contributed by atoms with E-state index in [1.807, 2.05) is 18.2 Å². The van der Waals surface area contributed by atoms with Crippen molar-refractivity contribution in [2.75, 3.05) is 36.2 Å². The molecule has 6 heteroatoms. The molecule has 0 saturated heterocycles. The van der Waals surface area contributed by atoms with Gasteiger partial charge in [-0.2, -0.15) is 0 Å². The lowest BCUT2D eigenvalue weighted by atomic mass is 10.2. The van der Waals surface area contributed by atoms with Gasteiger partial charge in [-0.3, -0.25) is 4.79 Å². The van der Waals surface area contributed by atoms with E-state index >= 15 is 0 Å². The van der Waals surface area contributed by atoms with Crippen LogP contribution in [0.1, 0.15) is 10.4 Å². The quantitative estimate of drug-likeness (QED) is 0.866. The van der Waals surface area contributed by atoms with Gasteiger partial charge in [-0.25, -0.2) is 4.79 Å². The number of hydrogen-bond donors (Lipinski definition) is 1. The van der Waals surface area contributed by atoms with Crippen molar-refractivity contribution in [3.05, 3.63) is 54.1 Å². The number of carbonyl (C=O) groups excluding carboxylic acids is 2. The number of rotatable bonds is 4. The van der Waals surface area contributed by atoms with E-state index in [9.17, 15) is 9.59 Å². The minimum absolute atomic E-state index is 0.159. The largest absolute Gasteiger partial charge is 0.465 e. The van der Waals surface area contributed by atoms with Crippen molar-refractivity contribution in [2.45, 2.75) is 4.90 Å². The molecule has 0 atom stereocenters. The number of hydrogen-bond acceptors (Lipinski definition) is 5. The van der Waals surface area contributed by atoms with E-state index in [2.05, 4.69) is 16.3 Å². The first-order valence-corrected chi connectivity index (χ1v) is 8.61. The topological polar surface area (TPSA) is 58.6 Å². The first kappa shape index (κ1) is 16.4. The monoisotopic (exact) mass is 342 g/mol. The van der Waals surface area contributed by atoms with Crippen LogP contribution in [-0.2, 0) is 9.53 Å². The number of amides is 1. The van der Waals surface area contributed by atoms with Crippen molar-refractivity contribution in [3.8, 4) is 0 Å². The number of methoxy groups -OCH3 is 1. The summed E-state index contributed by atoms with van der Waals surface area (Å²) >= 11 is 1.80. The van der Waals surface area contributed by atoms with Gasteiger partial charge in [0.1, 0.15) is 0 Å². The molecule has 0 unspecified atom stereocenters. The van der Waals surface area contributed by atoms with Crippen molar-refractivity contribution in [1.82, 2.24) is 0 Å². The maximum Gasteiger partial charge on any atom is 0.339 e. The fourth-order valence-electron chi connectivity index (χ4n) is 2.63. The second-order valence-corrected chi connectivity index (χ2v) is 6.46. The van der Waals surface area contributed by atoms with Crippen LogP contribution < -0.4 is 10.2 Å². The molecule has 2 aromatic rings. The van der Waals surface area contributed by atoms with Gasteiger partial charge in [0.15, 0.2) is 0 Å². The second kappa shape index (κ2) is 7.40. The smallest absolute Gasteiger partial charge is 0.339 e. The van der Waals surface area contributed by atoms with Crippen molar-refractivity contribution >= 4 is 35.0 Å². The van der Waals surface area contributed by atoms with E-state index in [1.54, 1.807) is 36.0 Å². The summed E-state index contributed by atoms with van der Waals surface area (Å²) < 4.78 is 4.75. The van der Waals surface area contributed by atoms with Gasteiger partial charge in [-0.05, 0) is 24.3 Å². The number of benzene rings is 2. The first-order chi connectivity index (χ1) is 11.7. The van der Waals surface area contributed by atoms with Gasteiger partial charge >= 0.3 is 5.97 Å². The van der Waals surface area contributed by atoms with Crippen LogP contribution in [0.25, 0.3) is 0 Å². The molecule has 2 aromatic carbocycles. The fourth-order valence-corrected chi connectivity index (χ4v) is 3.69. The molecule has 1 N–H and O–H groups in total. The molecule has 0 saturated carbocycles. The van der Waals surface area contributed by atoms with Crippen LogP contribution in [0.15, 0.2) is 53.4 Å². The maximum atomic E-state index is 12.4. The van der Waals surface area contributed by atoms with Crippen LogP contribution >= 0.6 is 11.8 Å². The Hall–Kier alpha value is -2.47. The van der Waals surface area contributed by atoms with Crippen LogP contribution in [0.4, 0.5) is 11.4 Å². The van der Waals surface area contributed by atoms with Gasteiger partial charge in [0.05, 0.1) is 30.6 Å². The van der Waals surface area contributed by atoms with Crippen LogP contribution in [0.3, 0.4) is 0 Å². The third-order valence-corrected chi connectivity index (χ3v) is 4.81. The third kappa shape index (κ3) is 3.54. The summed E-state index contributed by atoms with van der Waals surface area (Å²) in [6, 6.07) is 14.9. The Bertz CT molecular complexity index is 763. The summed E-state index contributed by atoms with van der Waals surface area (Å²) in [4.78, 5) is 27.5. The highest BCUT2D eigenvalue weighted by molar-refractivity contribution is 7.99. The molecular weight excluding hydrogens is 324 g/mol. The molecule has 0 aliphatic carbocycles. The summed E-state index contributed by atoms with van der Waals surface area (Å²) in [7, 11) is 1.32. The second-order valence-electron chi connectivity index (χ2n) is 5.32. The van der Waals surface area contributed by atoms with Gasteiger partial charge in [-0.1, -0.05) is 24.3 Å². The standard InChI is InChI=1S/C18H18N2O3S/c1-23-18(22)13-6-2-3-7-14(13)19-17(21)12-20-10-11-24-16-9-5-4-8-15(16)20/h2-9H,10-12H2,1H3,(H,19,21). The van der Waals surface area contributed by atoms with Crippen molar-refractivity contribution < 1.29 is 14.3 Å². The van der Waals surface area contributed by atoms with Gasteiger partial charge in [0.25, 0.3) is 0 Å². The Morgan fingerprint density at radius 3 is 2.75 bits per heavy atom. The first-order valence-electron chi connectivity index (χ1n) is 7.63. The lowest BCUT2D eigenvalue weighted by Crippen LogP contribution is -2.37. The average molecular weight is 342 g/mol. The predicted molar refractivity (Wildman–Crippen MR) is 95.8 cm³/mol. The van der Waals surface area contributed by atoms with E-state index in [1.165, 1.54) is 12.0 Å². The number of para-hydroxylation sites is 2. The van der Waals surface area contributed by atoms with Crippen molar-refractivity contribution in [3.63, 3.8) is 0 Å². The van der Waals surface area contributed by atoms with Gasteiger partial charge in [-0.15, -0.1) is 11.8 Å². The normalized spacial score (nSPS) is 13.1. The predicted octanol–water partition coefficient (Wildman–Crippen LogP) is 3.02. The van der Waals surface area contributed by atoms with Crippen LogP contribution in [-0.4, -0.2) is 37.8 Å². The zero-order valence-corrected chi connectivity index (χ0v) is 14.1. The molecule has 124 valence electrons. The highest BCUT2D eigenvalue weighted by Crippen LogP contribution is 2.34. The highest BCUT2D eigenvalue weighted by Gasteiger charge is 2.20. The number of ether oxygens (including phenoxy) is 1. The lowest BCUT2D eigenvalue weighted by molar-refractivity contribution is -0.115. The summed E-state index contributed by atoms with van der Waals surface area (Å²) in [5.41, 5.74) is 1.89. The number of fused-ring (bicyclic) bond motifs is 1. The van der Waals surface area contributed by atoms with Crippen LogP contribution in [0.5, 0.6) is 0 Å². The molecule has 0 radical (unpaired) electrons. The minimum Gasteiger partial charge on any atom is -0.465 e. The Kier molecular flexibility index (Phi) is 5.05. The molecule has 5 nitrogen and oxygen atoms in total. The Labute approximate surface area is 145 Å². The summed E-state index contributed by atoms with van der Waals surface area (Å²) in [5.74, 6) is 0.321. The van der Waals surface area contributed by atoms with Crippen LogP contribution in [0, 0.1) is 0 Å². The van der Waals surface area contributed by atoms with Crippen molar-refractivity contribution in [1.29, 1.82) is 0 Å². The summed E-state index contributed by atoms with van der Waals surface area (Å²) in [6.07, 6.45) is 0. The lowest BCUT2D eigenvalue weighted by Gasteiger charge is -2.30. The molecule has 24 heavy (non-hydrogen) atoms. The maximum absolute atomic E-state index is 12.4. The SMILES string of the molecule is COC(=O)c1ccccc1NC(=O)CN1CCSc2ccccc21. The molecular formula is C18H18N2O3S. The molecule has 0 bridgehead atoms. The summed E-state index contributed by atoms with van der Waals surface area (Å²) in [6.45, 7) is 1.06. The van der Waals surface area contributed by atoms with Gasteiger partial charge in [0, 0.05) is 17.2 Å². The molecule has 0 fully saturated rings.